The Balaban J connectivity index is 1.40. The van der Waals surface area contributed by atoms with E-state index in [1.54, 1.807) is 42.5 Å². The lowest BCUT2D eigenvalue weighted by atomic mass is 9.97. The Bertz CT molecular complexity index is 2120. The number of amides is 7. The van der Waals surface area contributed by atoms with E-state index in [1.165, 1.54) is 12.1 Å². The second-order valence-corrected chi connectivity index (χ2v) is 17.3. The molecule has 0 spiro atoms. The van der Waals surface area contributed by atoms with E-state index in [1.807, 2.05) is 0 Å². The number of nitrogens with two attached hydrogens (primary N) is 2. The summed E-state index contributed by atoms with van der Waals surface area (Å²) >= 11 is 8.31. The molecule has 2 fully saturated rings. The van der Waals surface area contributed by atoms with Crippen LogP contribution in [0.25, 0.3) is 0 Å². The number of hydrogen-bond donors (Lipinski definition) is 18. The van der Waals surface area contributed by atoms with Crippen LogP contribution in [0.4, 0.5) is 0 Å². The summed E-state index contributed by atoms with van der Waals surface area (Å²) in [6.45, 7) is -4.02. The van der Waals surface area contributed by atoms with E-state index < -0.39 is 172 Å². The third-order valence-corrected chi connectivity index (χ3v) is 11.9. The van der Waals surface area contributed by atoms with Crippen LogP contribution in [-0.4, -0.2) is 218 Å². The number of hydrogen-bond acceptors (Lipinski definition) is 22. The smallest absolute Gasteiger partial charge is 0.245 e. The molecule has 0 aliphatic carbocycles. The maximum Gasteiger partial charge on any atom is 0.245 e. The van der Waals surface area contributed by atoms with E-state index in [2.05, 4.69) is 57.2 Å². The molecule has 7 amide bonds. The standard InChI is InChI=1S/C43H62N8O19S2/c44-22(10-20-6-8-21(54)9-7-20)37(62)50-25(17-71)39(64)47-13-30(56)48-23(11-19-4-2-1-3-5-19)40(65)51-26(18-72)41(66)49-24(38(63)46-12-29(45)55)16-67-42-35(61)33(59)36(28(15-53)69-42)70-43-34(60)32(58)31(57)27(14-52)68-43/h1-9,22-28,31-36,42-43,52-54,57-61,71-72H,10-18,44H2,(H2,45,55)(H,46,63)(H,47,64)(H,48,56)(H,49,66)(H,50,62)(H,51,65)/t22-,23-,24-,25+,26+,27+,28+,31+,32-,33+,34+,35+,36+,42+,43-/m0/s1. The summed E-state index contributed by atoms with van der Waals surface area (Å²) in [6.07, 6.45) is -18.0. The van der Waals surface area contributed by atoms with Gasteiger partial charge >= 0.3 is 0 Å². The number of carbonyl (C=O) groups is 7. The van der Waals surface area contributed by atoms with E-state index in [-0.39, 0.29) is 24.3 Å². The fourth-order valence-corrected chi connectivity index (χ4v) is 7.66. The number of nitrogens with one attached hydrogen (secondary N) is 6. The Labute approximate surface area is 422 Å². The zero-order valence-electron chi connectivity index (χ0n) is 38.3. The minimum atomic E-state index is -2.04. The molecular weight excluding hydrogens is 997 g/mol. The van der Waals surface area contributed by atoms with E-state index >= 15 is 0 Å². The molecule has 0 bridgehead atoms. The van der Waals surface area contributed by atoms with Gasteiger partial charge < -0.3 is 103 Å². The van der Waals surface area contributed by atoms with Crippen LogP contribution in [0, 0.1) is 0 Å². The number of carbonyl (C=O) groups excluding carboxylic acids is 7. The molecule has 2 heterocycles. The van der Waals surface area contributed by atoms with Gasteiger partial charge in [0.1, 0.15) is 78.7 Å². The number of aromatic hydroxyl groups is 1. The second-order valence-electron chi connectivity index (χ2n) is 16.6. The quantitative estimate of drug-likeness (QED) is 0.0389. The summed E-state index contributed by atoms with van der Waals surface area (Å²) in [6, 6.07) is 7.35. The predicted molar refractivity (Wildman–Crippen MR) is 253 cm³/mol. The van der Waals surface area contributed by atoms with Crippen molar-refractivity contribution in [3.8, 4) is 5.75 Å². The summed E-state index contributed by atoms with van der Waals surface area (Å²) < 4.78 is 22.0. The minimum absolute atomic E-state index is 0.0222. The number of ether oxygens (including phenoxy) is 4. The van der Waals surface area contributed by atoms with Gasteiger partial charge in [0.2, 0.25) is 41.4 Å². The first kappa shape index (κ1) is 59.3. The molecule has 18 N–H and O–H groups in total. The summed E-state index contributed by atoms with van der Waals surface area (Å²) in [5, 5.41) is 96.1. The molecule has 2 aliphatic heterocycles. The molecule has 2 aromatic carbocycles. The number of aliphatic hydroxyl groups excluding tert-OH is 7. The summed E-state index contributed by atoms with van der Waals surface area (Å²) in [5.41, 5.74) is 12.4. The highest BCUT2D eigenvalue weighted by molar-refractivity contribution is 7.80. The van der Waals surface area contributed by atoms with Crippen LogP contribution in [0.3, 0.4) is 0 Å². The second kappa shape index (κ2) is 28.8. The van der Waals surface area contributed by atoms with Crippen LogP contribution in [0.5, 0.6) is 5.75 Å². The maximum absolute atomic E-state index is 13.9. The summed E-state index contributed by atoms with van der Waals surface area (Å²) in [5.74, 6) is -6.99. The zero-order chi connectivity index (χ0) is 53.2. The molecule has 0 saturated carbocycles. The SMILES string of the molecule is NC(=O)CNC(=O)[C@H](CO[C@@H]1O[C@H](CO)[C@@H](O[C@@H]2O[C@H](CO)[C@@H](O)[C@H](O)[C@H]2O)[C@H](O)[C@H]1O)NC(=O)[C@@H](CS)NC(=O)[C@H](Cc1ccccc1)NC(=O)CNC(=O)[C@@H](CS)NC(=O)[C@@H](N)Cc1ccc(O)cc1. The van der Waals surface area contributed by atoms with E-state index in [9.17, 15) is 74.4 Å². The van der Waals surface area contributed by atoms with Crippen molar-refractivity contribution in [3.05, 3.63) is 65.7 Å². The van der Waals surface area contributed by atoms with Gasteiger partial charge in [-0.1, -0.05) is 42.5 Å². The normalized spacial score (nSPS) is 26.1. The van der Waals surface area contributed by atoms with E-state index in [0.29, 0.717) is 11.1 Å². The van der Waals surface area contributed by atoms with Crippen LogP contribution >= 0.6 is 25.3 Å². The van der Waals surface area contributed by atoms with Crippen molar-refractivity contribution in [1.82, 2.24) is 31.9 Å². The Morgan fingerprint density at radius 1 is 0.597 bits per heavy atom. The summed E-state index contributed by atoms with van der Waals surface area (Å²) in [7, 11) is 0. The van der Waals surface area contributed by atoms with Gasteiger partial charge in [0.05, 0.1) is 39.0 Å². The fourth-order valence-electron chi connectivity index (χ4n) is 7.15. The number of phenols is 1. The average molecular weight is 1060 g/mol. The van der Waals surface area contributed by atoms with Crippen molar-refractivity contribution < 1.29 is 93.4 Å². The van der Waals surface area contributed by atoms with Crippen LogP contribution in [0.1, 0.15) is 11.1 Å². The Kier molecular flexibility index (Phi) is 23.8. The van der Waals surface area contributed by atoms with E-state index in [4.69, 9.17) is 30.4 Å². The molecule has 29 heteroatoms. The molecule has 0 radical (unpaired) electrons. The highest BCUT2D eigenvalue weighted by Gasteiger charge is 2.51. The Morgan fingerprint density at radius 3 is 1.74 bits per heavy atom. The van der Waals surface area contributed by atoms with Crippen molar-refractivity contribution in [2.45, 2.75) is 104 Å². The third-order valence-electron chi connectivity index (χ3n) is 11.2. The molecule has 2 aromatic rings. The van der Waals surface area contributed by atoms with Crippen molar-refractivity contribution in [2.75, 3.05) is 44.4 Å². The number of phenolic OH excluding ortho intramolecular Hbond substituents is 1. The highest BCUT2D eigenvalue weighted by Crippen LogP contribution is 2.29. The zero-order valence-corrected chi connectivity index (χ0v) is 40.1. The first-order valence-corrected chi connectivity index (χ1v) is 23.5. The highest BCUT2D eigenvalue weighted by atomic mass is 32.1. The molecule has 0 unspecified atom stereocenters. The van der Waals surface area contributed by atoms with Crippen LogP contribution < -0.4 is 43.4 Å². The molecule has 0 aromatic heterocycles. The predicted octanol–water partition coefficient (Wildman–Crippen LogP) is -8.34. The lowest BCUT2D eigenvalue weighted by Gasteiger charge is -2.46. The van der Waals surface area contributed by atoms with Gasteiger partial charge in [-0.05, 0) is 29.7 Å². The van der Waals surface area contributed by atoms with Gasteiger partial charge in [0.15, 0.2) is 12.6 Å². The van der Waals surface area contributed by atoms with Crippen LogP contribution in [-0.2, 0) is 65.4 Å². The van der Waals surface area contributed by atoms with E-state index in [0.717, 1.165) is 0 Å². The number of primary amides is 1. The number of thiol groups is 2. The molecule has 2 saturated heterocycles. The van der Waals surface area contributed by atoms with Crippen molar-refractivity contribution in [2.24, 2.45) is 11.5 Å². The molecule has 27 nitrogen and oxygen atoms in total. The first-order valence-electron chi connectivity index (χ1n) is 22.2. The number of aliphatic hydroxyl groups is 7. The average Bonchev–Trinajstić information content (AvgIpc) is 3.36. The van der Waals surface area contributed by atoms with Gasteiger partial charge in [-0.2, -0.15) is 25.3 Å². The lowest BCUT2D eigenvalue weighted by molar-refractivity contribution is -0.359. The van der Waals surface area contributed by atoms with Crippen molar-refractivity contribution in [1.29, 1.82) is 0 Å². The number of benzene rings is 2. The fraction of sp³-hybridized carbons (Fsp3) is 0.558. The topological polar surface area (TPSA) is 442 Å². The van der Waals surface area contributed by atoms with Crippen molar-refractivity contribution >= 4 is 66.6 Å². The largest absolute Gasteiger partial charge is 0.508 e. The lowest BCUT2D eigenvalue weighted by Crippen LogP contribution is -2.65. The molecule has 15 atom stereocenters. The Hall–Kier alpha value is -5.25. The van der Waals surface area contributed by atoms with Gasteiger partial charge in [-0.3, -0.25) is 33.6 Å². The Morgan fingerprint density at radius 2 is 1.12 bits per heavy atom. The van der Waals surface area contributed by atoms with Gasteiger partial charge in [0, 0.05) is 17.9 Å². The minimum Gasteiger partial charge on any atom is -0.508 e. The van der Waals surface area contributed by atoms with Gasteiger partial charge in [-0.25, -0.2) is 0 Å². The van der Waals surface area contributed by atoms with Crippen LogP contribution in [0.2, 0.25) is 0 Å². The van der Waals surface area contributed by atoms with Crippen molar-refractivity contribution in [3.63, 3.8) is 0 Å². The maximum atomic E-state index is 13.9. The summed E-state index contributed by atoms with van der Waals surface area (Å²) in [4.78, 5) is 91.5. The molecule has 4 rings (SSSR count). The van der Waals surface area contributed by atoms with Crippen LogP contribution in [0.15, 0.2) is 54.6 Å². The third kappa shape index (κ3) is 17.2. The molecule has 400 valence electrons. The number of rotatable bonds is 26. The molecular formula is C43H62N8O19S2. The van der Waals surface area contributed by atoms with Gasteiger partial charge in [0.25, 0.3) is 0 Å². The molecule has 72 heavy (non-hydrogen) atoms. The molecule has 2 aliphatic rings. The monoisotopic (exact) mass is 1060 g/mol. The van der Waals surface area contributed by atoms with Gasteiger partial charge in [-0.15, -0.1) is 0 Å². The first-order chi connectivity index (χ1) is 34.2.